The molecule has 0 unspecified atom stereocenters. The number of anilines is 1. The van der Waals surface area contributed by atoms with Gasteiger partial charge in [-0.3, -0.25) is 4.79 Å². The van der Waals surface area contributed by atoms with Gasteiger partial charge in [0, 0.05) is 23.9 Å². The Morgan fingerprint density at radius 3 is 2.24 bits per heavy atom. The Kier molecular flexibility index (Phi) is 5.87. The number of rotatable bonds is 7. The Morgan fingerprint density at radius 2 is 1.66 bits per heavy atom. The van der Waals surface area contributed by atoms with E-state index in [-0.39, 0.29) is 5.69 Å². The summed E-state index contributed by atoms with van der Waals surface area (Å²) in [5.74, 6) is 1.57. The van der Waals surface area contributed by atoms with E-state index in [2.05, 4.69) is 15.6 Å². The van der Waals surface area contributed by atoms with E-state index in [0.717, 1.165) is 5.69 Å². The summed E-state index contributed by atoms with van der Waals surface area (Å²) in [5, 5.41) is 10.9. The highest BCUT2D eigenvalue weighted by atomic mass is 16.5. The first-order chi connectivity index (χ1) is 14.0. The second-order valence-electron chi connectivity index (χ2n) is 6.00. The van der Waals surface area contributed by atoms with Crippen LogP contribution in [0.3, 0.4) is 0 Å². The van der Waals surface area contributed by atoms with Crippen molar-refractivity contribution in [3.05, 3.63) is 47.8 Å². The lowest BCUT2D eigenvalue weighted by Gasteiger charge is -2.14. The average molecular weight is 398 g/mol. The van der Waals surface area contributed by atoms with Gasteiger partial charge in [-0.15, -0.1) is 5.10 Å². The number of hydrogen-bond donors (Lipinski definition) is 1. The molecule has 1 N–H and O–H groups in total. The third-order valence-corrected chi connectivity index (χ3v) is 4.33. The normalized spacial score (nSPS) is 10.4. The molecule has 0 aliphatic heterocycles. The average Bonchev–Trinajstić information content (AvgIpc) is 3.14. The molecule has 1 amide bonds. The van der Waals surface area contributed by atoms with Crippen molar-refractivity contribution in [3.8, 4) is 28.7 Å². The first-order valence-electron chi connectivity index (χ1n) is 8.70. The van der Waals surface area contributed by atoms with Crippen LogP contribution in [0.4, 0.5) is 5.69 Å². The topological polar surface area (TPSA) is 96.7 Å². The van der Waals surface area contributed by atoms with Gasteiger partial charge in [0.15, 0.2) is 17.2 Å². The Hall–Kier alpha value is -3.75. The highest BCUT2D eigenvalue weighted by Crippen LogP contribution is 2.40. The van der Waals surface area contributed by atoms with Crippen LogP contribution in [0.2, 0.25) is 0 Å². The smallest absolute Gasteiger partial charge is 0.278 e. The molecule has 29 heavy (non-hydrogen) atoms. The Labute approximate surface area is 168 Å². The van der Waals surface area contributed by atoms with Crippen LogP contribution in [-0.4, -0.2) is 49.3 Å². The quantitative estimate of drug-likeness (QED) is 0.654. The van der Waals surface area contributed by atoms with Crippen LogP contribution in [0.25, 0.3) is 5.69 Å². The highest BCUT2D eigenvalue weighted by Gasteiger charge is 2.20. The number of nitrogens with one attached hydrogen (secondary N) is 1. The Bertz CT molecular complexity index is 1010. The second kappa shape index (κ2) is 8.51. The molecule has 0 bridgehead atoms. The van der Waals surface area contributed by atoms with E-state index in [9.17, 15) is 4.79 Å². The Balaban J connectivity index is 1.90. The van der Waals surface area contributed by atoms with Crippen molar-refractivity contribution >= 4 is 11.6 Å². The van der Waals surface area contributed by atoms with E-state index in [1.807, 2.05) is 24.3 Å². The monoisotopic (exact) mass is 398 g/mol. The zero-order chi connectivity index (χ0) is 21.0. The van der Waals surface area contributed by atoms with Crippen molar-refractivity contribution in [2.24, 2.45) is 0 Å². The van der Waals surface area contributed by atoms with Gasteiger partial charge in [-0.05, 0) is 19.1 Å². The van der Waals surface area contributed by atoms with E-state index in [1.54, 1.807) is 30.8 Å². The fraction of sp³-hybridized carbons (Fsp3) is 0.250. The van der Waals surface area contributed by atoms with Gasteiger partial charge in [-0.25, -0.2) is 4.68 Å². The molecule has 3 aromatic rings. The minimum atomic E-state index is -0.411. The molecule has 152 valence electrons. The summed E-state index contributed by atoms with van der Waals surface area (Å²) >= 11 is 0. The summed E-state index contributed by atoms with van der Waals surface area (Å²) in [5.41, 5.74) is 1.99. The minimum absolute atomic E-state index is 0.196. The maximum Gasteiger partial charge on any atom is 0.278 e. The predicted molar refractivity (Wildman–Crippen MR) is 107 cm³/mol. The minimum Gasteiger partial charge on any atom is -0.497 e. The molecule has 9 nitrogen and oxygen atoms in total. The molecular formula is C20H22N4O5. The summed E-state index contributed by atoms with van der Waals surface area (Å²) in [6.45, 7) is 1.77. The summed E-state index contributed by atoms with van der Waals surface area (Å²) < 4.78 is 22.7. The molecular weight excluding hydrogens is 376 g/mol. The van der Waals surface area contributed by atoms with Gasteiger partial charge in [0.25, 0.3) is 5.91 Å². The Morgan fingerprint density at radius 1 is 0.966 bits per heavy atom. The van der Waals surface area contributed by atoms with Gasteiger partial charge >= 0.3 is 0 Å². The number of carbonyl (C=O) groups excluding carboxylic acids is 1. The van der Waals surface area contributed by atoms with Crippen molar-refractivity contribution in [1.29, 1.82) is 0 Å². The molecule has 0 atom stereocenters. The van der Waals surface area contributed by atoms with Crippen molar-refractivity contribution in [1.82, 2.24) is 15.0 Å². The first kappa shape index (κ1) is 20.0. The highest BCUT2D eigenvalue weighted by molar-refractivity contribution is 6.04. The molecule has 1 aromatic heterocycles. The van der Waals surface area contributed by atoms with Gasteiger partial charge in [-0.1, -0.05) is 11.3 Å². The molecule has 0 spiro atoms. The number of amides is 1. The number of methoxy groups -OCH3 is 4. The lowest BCUT2D eigenvalue weighted by atomic mass is 10.2. The van der Waals surface area contributed by atoms with Crippen LogP contribution in [0, 0.1) is 6.92 Å². The van der Waals surface area contributed by atoms with Crippen LogP contribution in [0.5, 0.6) is 23.0 Å². The molecule has 0 aliphatic rings. The third-order valence-electron chi connectivity index (χ3n) is 4.33. The van der Waals surface area contributed by atoms with Gasteiger partial charge in [0.2, 0.25) is 5.75 Å². The summed E-state index contributed by atoms with van der Waals surface area (Å²) in [6.07, 6.45) is 0. The fourth-order valence-electron chi connectivity index (χ4n) is 2.87. The van der Waals surface area contributed by atoms with E-state index >= 15 is 0 Å². The zero-order valence-corrected chi connectivity index (χ0v) is 16.8. The SMILES string of the molecule is COc1cccc(-n2nnc(C(=O)Nc3cc(OC)c(OC)c(OC)c3)c2C)c1. The molecule has 3 rings (SSSR count). The van der Waals surface area contributed by atoms with E-state index in [4.69, 9.17) is 18.9 Å². The predicted octanol–water partition coefficient (Wildman–Crippen LogP) is 2.86. The third kappa shape index (κ3) is 3.93. The number of carbonyl (C=O) groups is 1. The number of aromatic nitrogens is 3. The van der Waals surface area contributed by atoms with E-state index in [0.29, 0.717) is 34.4 Å². The van der Waals surface area contributed by atoms with Crippen molar-refractivity contribution in [3.63, 3.8) is 0 Å². The van der Waals surface area contributed by atoms with Gasteiger partial charge < -0.3 is 24.3 Å². The molecule has 0 saturated heterocycles. The number of ether oxygens (including phenoxy) is 4. The lowest BCUT2D eigenvalue weighted by Crippen LogP contribution is -2.14. The summed E-state index contributed by atoms with van der Waals surface area (Å²) in [7, 11) is 6.11. The molecule has 2 aromatic carbocycles. The molecule has 9 heteroatoms. The molecule has 0 fully saturated rings. The second-order valence-corrected chi connectivity index (χ2v) is 6.00. The van der Waals surface area contributed by atoms with Gasteiger partial charge in [0.1, 0.15) is 5.75 Å². The number of benzene rings is 2. The summed E-state index contributed by atoms with van der Waals surface area (Å²) in [6, 6.07) is 10.6. The zero-order valence-electron chi connectivity index (χ0n) is 16.8. The van der Waals surface area contributed by atoms with E-state index < -0.39 is 5.91 Å². The maximum absolute atomic E-state index is 12.8. The fourth-order valence-corrected chi connectivity index (χ4v) is 2.87. The molecule has 1 heterocycles. The van der Waals surface area contributed by atoms with Gasteiger partial charge in [0.05, 0.1) is 39.8 Å². The van der Waals surface area contributed by atoms with Crippen molar-refractivity contribution in [2.45, 2.75) is 6.92 Å². The van der Waals surface area contributed by atoms with E-state index in [1.165, 1.54) is 21.3 Å². The first-order valence-corrected chi connectivity index (χ1v) is 8.70. The van der Waals surface area contributed by atoms with Crippen LogP contribution in [0.15, 0.2) is 36.4 Å². The molecule has 0 radical (unpaired) electrons. The van der Waals surface area contributed by atoms with Gasteiger partial charge in [-0.2, -0.15) is 0 Å². The summed E-state index contributed by atoms with van der Waals surface area (Å²) in [4.78, 5) is 12.8. The van der Waals surface area contributed by atoms with Crippen molar-refractivity contribution < 1.29 is 23.7 Å². The van der Waals surface area contributed by atoms with Crippen LogP contribution in [0.1, 0.15) is 16.2 Å². The number of hydrogen-bond acceptors (Lipinski definition) is 7. The standard InChI is InChI=1S/C20H22N4O5/c1-12-18(22-23-24(12)14-7-6-8-15(11-14)26-2)20(25)21-13-9-16(27-3)19(29-5)17(10-13)28-4/h6-11H,1-5H3,(H,21,25). The number of nitrogens with zero attached hydrogens (tertiary/aromatic N) is 3. The van der Waals surface area contributed by atoms with Crippen LogP contribution in [-0.2, 0) is 0 Å². The molecule has 0 aliphatic carbocycles. The molecule has 0 saturated carbocycles. The lowest BCUT2D eigenvalue weighted by molar-refractivity contribution is 0.102. The largest absolute Gasteiger partial charge is 0.497 e. The van der Waals surface area contributed by atoms with Crippen molar-refractivity contribution in [2.75, 3.05) is 33.8 Å². The maximum atomic E-state index is 12.8. The van der Waals surface area contributed by atoms with Crippen LogP contribution < -0.4 is 24.3 Å². The van der Waals surface area contributed by atoms with Crippen LogP contribution >= 0.6 is 0 Å².